The van der Waals surface area contributed by atoms with E-state index in [2.05, 4.69) is 49.9 Å². The largest absolute Gasteiger partial charge is 0.0985 e. The van der Waals surface area contributed by atoms with E-state index >= 15 is 0 Å². The van der Waals surface area contributed by atoms with Gasteiger partial charge in [0.2, 0.25) is 0 Å². The Labute approximate surface area is 117 Å². The molecule has 0 saturated carbocycles. The molecule has 98 valence electrons. The van der Waals surface area contributed by atoms with Gasteiger partial charge in [0, 0.05) is 0 Å². The molecule has 0 fully saturated rings. The molecule has 0 radical (unpaired) electrons. The lowest BCUT2D eigenvalue weighted by Crippen LogP contribution is -1.68. The van der Waals surface area contributed by atoms with Gasteiger partial charge in [0.15, 0.2) is 0 Å². The number of benzene rings is 2. The summed E-state index contributed by atoms with van der Waals surface area (Å²) >= 11 is 0. The Hall–Kier alpha value is -2.08. The third-order valence-electron chi connectivity index (χ3n) is 2.60. The number of allylic oxidation sites excluding steroid dienone is 1. The van der Waals surface area contributed by atoms with Gasteiger partial charge in [-0.2, -0.15) is 0 Å². The molecular weight excluding hydrogens is 228 g/mol. The molecule has 19 heavy (non-hydrogen) atoms. The van der Waals surface area contributed by atoms with E-state index in [1.807, 2.05) is 42.5 Å². The minimum absolute atomic E-state index is 1.17. The molecule has 0 aliphatic rings. The van der Waals surface area contributed by atoms with Crippen molar-refractivity contribution in [2.24, 2.45) is 0 Å². The fourth-order valence-corrected chi connectivity index (χ4v) is 1.54. The summed E-state index contributed by atoms with van der Waals surface area (Å²) in [4.78, 5) is 0. The Morgan fingerprint density at radius 3 is 1.79 bits per heavy atom. The first-order valence-corrected chi connectivity index (χ1v) is 6.76. The van der Waals surface area contributed by atoms with Crippen molar-refractivity contribution in [2.45, 2.75) is 19.8 Å². The molecule has 0 aliphatic carbocycles. The van der Waals surface area contributed by atoms with Crippen LogP contribution in [0.5, 0.6) is 0 Å². The van der Waals surface area contributed by atoms with Gasteiger partial charge in [0.05, 0.1) is 0 Å². The molecule has 0 bridgehead atoms. The molecular formula is C19H22. The van der Waals surface area contributed by atoms with E-state index in [4.69, 9.17) is 0 Å². The number of hydrogen-bond donors (Lipinski definition) is 0. The molecule has 0 atom stereocenters. The van der Waals surface area contributed by atoms with Gasteiger partial charge in [-0.25, -0.2) is 0 Å². The smallest absolute Gasteiger partial charge is 0.0260 e. The quantitative estimate of drug-likeness (QED) is 0.640. The molecule has 0 heterocycles. The van der Waals surface area contributed by atoms with E-state index in [0.29, 0.717) is 0 Å². The lowest BCUT2D eigenvalue weighted by atomic mass is 10.2. The lowest BCUT2D eigenvalue weighted by Gasteiger charge is -1.89. The summed E-state index contributed by atoms with van der Waals surface area (Å²) < 4.78 is 0. The standard InChI is InChI=1S/C11H14.C8H8/c1-2-3-5-8-11-9-6-4-7-10-11;1-2-8-6-4-3-5-7-8/h4-10H,2-3H2,1H3;2-7H,1H2. The summed E-state index contributed by atoms with van der Waals surface area (Å²) in [6.45, 7) is 5.82. The van der Waals surface area contributed by atoms with Crippen molar-refractivity contribution in [3.05, 3.63) is 84.4 Å². The SMILES string of the molecule is C=Cc1ccccc1.CCCC=Cc1ccccc1. The molecule has 0 nitrogen and oxygen atoms in total. The van der Waals surface area contributed by atoms with Gasteiger partial charge in [0.1, 0.15) is 0 Å². The van der Waals surface area contributed by atoms with Crippen molar-refractivity contribution in [2.75, 3.05) is 0 Å². The second kappa shape index (κ2) is 9.90. The first kappa shape index (κ1) is 15.0. The van der Waals surface area contributed by atoms with Crippen LogP contribution in [0, 0.1) is 0 Å². The van der Waals surface area contributed by atoms with Gasteiger partial charge in [0.25, 0.3) is 0 Å². The molecule has 0 aromatic heterocycles. The minimum Gasteiger partial charge on any atom is -0.0985 e. The van der Waals surface area contributed by atoms with Crippen LogP contribution in [0.3, 0.4) is 0 Å². The Morgan fingerprint density at radius 1 is 0.842 bits per heavy atom. The minimum atomic E-state index is 1.17. The van der Waals surface area contributed by atoms with Crippen LogP contribution in [0.1, 0.15) is 30.9 Å². The topological polar surface area (TPSA) is 0 Å². The Bertz CT molecular complexity index is 466. The molecule has 0 spiro atoms. The zero-order chi connectivity index (χ0) is 13.8. The summed E-state index contributed by atoms with van der Waals surface area (Å²) in [6, 6.07) is 20.4. The van der Waals surface area contributed by atoms with Crippen molar-refractivity contribution in [3.8, 4) is 0 Å². The van der Waals surface area contributed by atoms with Crippen LogP contribution in [0.4, 0.5) is 0 Å². The van der Waals surface area contributed by atoms with Crippen LogP contribution in [0.25, 0.3) is 12.2 Å². The van der Waals surface area contributed by atoms with E-state index in [0.717, 1.165) is 0 Å². The van der Waals surface area contributed by atoms with E-state index in [1.165, 1.54) is 24.0 Å². The van der Waals surface area contributed by atoms with Gasteiger partial charge < -0.3 is 0 Å². The fourth-order valence-electron chi connectivity index (χ4n) is 1.54. The van der Waals surface area contributed by atoms with Crippen molar-refractivity contribution >= 4 is 12.2 Å². The molecule has 2 aromatic carbocycles. The maximum absolute atomic E-state index is 3.63. The van der Waals surface area contributed by atoms with Crippen LogP contribution in [-0.4, -0.2) is 0 Å². The van der Waals surface area contributed by atoms with Crippen molar-refractivity contribution < 1.29 is 0 Å². The highest BCUT2D eigenvalue weighted by molar-refractivity contribution is 5.48. The summed E-state index contributed by atoms with van der Waals surface area (Å²) in [5, 5.41) is 0. The molecule has 0 N–H and O–H groups in total. The molecule has 0 saturated heterocycles. The van der Waals surface area contributed by atoms with Gasteiger partial charge in [-0.3, -0.25) is 0 Å². The molecule has 2 aromatic rings. The normalized spacial score (nSPS) is 9.74. The summed E-state index contributed by atoms with van der Waals surface area (Å²) in [7, 11) is 0. The van der Waals surface area contributed by atoms with Crippen LogP contribution < -0.4 is 0 Å². The van der Waals surface area contributed by atoms with Crippen molar-refractivity contribution in [1.82, 2.24) is 0 Å². The second-order valence-electron chi connectivity index (χ2n) is 4.22. The van der Waals surface area contributed by atoms with Gasteiger partial charge in [-0.05, 0) is 17.5 Å². The van der Waals surface area contributed by atoms with E-state index in [9.17, 15) is 0 Å². The number of hydrogen-bond acceptors (Lipinski definition) is 0. The maximum Gasteiger partial charge on any atom is -0.0260 e. The highest BCUT2D eigenvalue weighted by Crippen LogP contribution is 2.02. The van der Waals surface area contributed by atoms with Crippen molar-refractivity contribution in [3.63, 3.8) is 0 Å². The van der Waals surface area contributed by atoms with E-state index in [1.54, 1.807) is 0 Å². The van der Waals surface area contributed by atoms with Crippen LogP contribution in [-0.2, 0) is 0 Å². The Morgan fingerprint density at radius 2 is 1.37 bits per heavy atom. The zero-order valence-corrected chi connectivity index (χ0v) is 11.6. The number of unbranched alkanes of at least 4 members (excludes halogenated alkanes) is 1. The third kappa shape index (κ3) is 7.05. The third-order valence-corrected chi connectivity index (χ3v) is 2.60. The van der Waals surface area contributed by atoms with Crippen LogP contribution in [0.2, 0.25) is 0 Å². The van der Waals surface area contributed by atoms with Gasteiger partial charge >= 0.3 is 0 Å². The van der Waals surface area contributed by atoms with Gasteiger partial charge in [-0.1, -0.05) is 98.8 Å². The average molecular weight is 250 g/mol. The van der Waals surface area contributed by atoms with E-state index in [-0.39, 0.29) is 0 Å². The average Bonchev–Trinajstić information content (AvgIpc) is 2.50. The maximum atomic E-state index is 3.63. The Balaban J connectivity index is 0.000000200. The summed E-state index contributed by atoms with van der Waals surface area (Å²) in [5.74, 6) is 0. The monoisotopic (exact) mass is 250 g/mol. The molecule has 0 amide bonds. The predicted octanol–water partition coefficient (Wildman–Crippen LogP) is 5.83. The van der Waals surface area contributed by atoms with Gasteiger partial charge in [-0.15, -0.1) is 0 Å². The summed E-state index contributed by atoms with van der Waals surface area (Å²) in [5.41, 5.74) is 2.47. The van der Waals surface area contributed by atoms with E-state index < -0.39 is 0 Å². The molecule has 0 heteroatoms. The molecule has 2 rings (SSSR count). The lowest BCUT2D eigenvalue weighted by molar-refractivity contribution is 0.962. The molecule has 0 unspecified atom stereocenters. The Kier molecular flexibility index (Phi) is 7.80. The summed E-state index contributed by atoms with van der Waals surface area (Å²) in [6.07, 6.45) is 8.62. The fraction of sp³-hybridized carbons (Fsp3) is 0.158. The van der Waals surface area contributed by atoms with Crippen molar-refractivity contribution in [1.29, 1.82) is 0 Å². The predicted molar refractivity (Wildman–Crippen MR) is 86.9 cm³/mol. The van der Waals surface area contributed by atoms with Crippen LogP contribution >= 0.6 is 0 Å². The molecule has 0 aliphatic heterocycles. The first-order valence-electron chi connectivity index (χ1n) is 6.76. The highest BCUT2D eigenvalue weighted by atomic mass is 13.9. The zero-order valence-electron chi connectivity index (χ0n) is 11.6. The van der Waals surface area contributed by atoms with Crippen LogP contribution in [0.15, 0.2) is 73.3 Å². The highest BCUT2D eigenvalue weighted by Gasteiger charge is 1.80. The second-order valence-corrected chi connectivity index (χ2v) is 4.22. The first-order chi connectivity index (χ1) is 9.36. The number of rotatable bonds is 4.